The number of benzene rings is 1. The van der Waals surface area contributed by atoms with Crippen LogP contribution in [0.15, 0.2) is 23.6 Å². The predicted molar refractivity (Wildman–Crippen MR) is 74.0 cm³/mol. The zero-order valence-electron chi connectivity index (χ0n) is 10.9. The van der Waals surface area contributed by atoms with Crippen molar-refractivity contribution in [2.75, 3.05) is 6.54 Å². The van der Waals surface area contributed by atoms with Crippen molar-refractivity contribution >= 4 is 17.2 Å². The molecule has 0 aliphatic heterocycles. The summed E-state index contributed by atoms with van der Waals surface area (Å²) in [5.74, 6) is -0.873. The molecule has 0 aliphatic carbocycles. The van der Waals surface area contributed by atoms with Crippen LogP contribution in [0.2, 0.25) is 0 Å². The Kier molecular flexibility index (Phi) is 4.27. The fourth-order valence-electron chi connectivity index (χ4n) is 1.71. The van der Waals surface area contributed by atoms with Gasteiger partial charge in [0, 0.05) is 24.0 Å². The van der Waals surface area contributed by atoms with Gasteiger partial charge >= 0.3 is 0 Å². The molecule has 0 unspecified atom stereocenters. The molecule has 0 radical (unpaired) electrons. The van der Waals surface area contributed by atoms with Crippen molar-refractivity contribution in [3.63, 3.8) is 0 Å². The lowest BCUT2D eigenvalue weighted by Gasteiger charge is -2.06. The molecule has 0 bridgehead atoms. The van der Waals surface area contributed by atoms with Crippen molar-refractivity contribution < 1.29 is 9.18 Å². The molecule has 100 valence electrons. The van der Waals surface area contributed by atoms with E-state index in [1.54, 1.807) is 23.5 Å². The average molecular weight is 278 g/mol. The van der Waals surface area contributed by atoms with Gasteiger partial charge in [-0.2, -0.15) is 0 Å². The van der Waals surface area contributed by atoms with Crippen LogP contribution in [0.1, 0.15) is 26.6 Å². The van der Waals surface area contributed by atoms with Gasteiger partial charge in [0.15, 0.2) is 0 Å². The maximum absolute atomic E-state index is 13.5. The van der Waals surface area contributed by atoms with Crippen molar-refractivity contribution in [3.8, 4) is 0 Å². The monoisotopic (exact) mass is 278 g/mol. The molecule has 19 heavy (non-hydrogen) atoms. The number of amides is 1. The summed E-state index contributed by atoms with van der Waals surface area (Å²) in [5, 5.41) is 5.66. The molecule has 3 nitrogen and oxygen atoms in total. The van der Waals surface area contributed by atoms with Crippen molar-refractivity contribution in [2.24, 2.45) is 0 Å². The number of aromatic nitrogens is 1. The van der Waals surface area contributed by atoms with Gasteiger partial charge in [0.05, 0.1) is 10.6 Å². The van der Waals surface area contributed by atoms with E-state index in [0.29, 0.717) is 13.0 Å². The summed E-state index contributed by atoms with van der Waals surface area (Å²) in [6.07, 6.45) is 0.664. The van der Waals surface area contributed by atoms with E-state index in [2.05, 4.69) is 10.3 Å². The van der Waals surface area contributed by atoms with Crippen molar-refractivity contribution in [1.82, 2.24) is 10.3 Å². The Morgan fingerprint density at radius 2 is 2.21 bits per heavy atom. The molecule has 1 N–H and O–H groups in total. The number of hydrogen-bond donors (Lipinski definition) is 1. The normalized spacial score (nSPS) is 10.5. The first-order chi connectivity index (χ1) is 9.06. The zero-order chi connectivity index (χ0) is 13.8. The number of hydrogen-bond acceptors (Lipinski definition) is 3. The Morgan fingerprint density at radius 3 is 2.89 bits per heavy atom. The average Bonchev–Trinajstić information content (AvgIpc) is 2.78. The van der Waals surface area contributed by atoms with Crippen LogP contribution in [0.25, 0.3) is 0 Å². The van der Waals surface area contributed by atoms with Crippen LogP contribution < -0.4 is 5.32 Å². The van der Waals surface area contributed by atoms with Gasteiger partial charge < -0.3 is 5.32 Å². The lowest BCUT2D eigenvalue weighted by Crippen LogP contribution is -2.26. The molecule has 0 saturated carbocycles. The molecular formula is C14H15FN2OS. The molecule has 0 saturated heterocycles. The number of carbonyl (C=O) groups excluding carboxylic acids is 1. The van der Waals surface area contributed by atoms with Gasteiger partial charge in [0.2, 0.25) is 0 Å². The van der Waals surface area contributed by atoms with E-state index in [0.717, 1.165) is 16.3 Å². The SMILES string of the molecule is Cc1ccc(F)c(C(=O)NCCc2nc(C)cs2)c1. The lowest BCUT2D eigenvalue weighted by molar-refractivity contribution is 0.0950. The van der Waals surface area contributed by atoms with E-state index >= 15 is 0 Å². The third-order valence-corrected chi connectivity index (χ3v) is 3.68. The highest BCUT2D eigenvalue weighted by molar-refractivity contribution is 7.09. The maximum Gasteiger partial charge on any atom is 0.254 e. The van der Waals surface area contributed by atoms with E-state index in [1.165, 1.54) is 6.07 Å². The molecule has 5 heteroatoms. The molecule has 2 aromatic rings. The number of halogens is 1. The Labute approximate surface area is 115 Å². The molecule has 0 atom stereocenters. The van der Waals surface area contributed by atoms with Crippen molar-refractivity contribution in [1.29, 1.82) is 0 Å². The first-order valence-corrected chi connectivity index (χ1v) is 6.89. The number of aryl methyl sites for hydroxylation is 2. The molecule has 1 aromatic heterocycles. The highest BCUT2D eigenvalue weighted by Gasteiger charge is 2.11. The standard InChI is InChI=1S/C14H15FN2OS/c1-9-3-4-12(15)11(7-9)14(18)16-6-5-13-17-10(2)8-19-13/h3-4,7-8H,5-6H2,1-2H3,(H,16,18). The third kappa shape index (κ3) is 3.61. The topological polar surface area (TPSA) is 42.0 Å². The molecule has 1 amide bonds. The number of nitrogens with one attached hydrogen (secondary N) is 1. The van der Waals surface area contributed by atoms with E-state index in [4.69, 9.17) is 0 Å². The molecule has 0 aliphatic rings. The zero-order valence-corrected chi connectivity index (χ0v) is 11.7. The summed E-state index contributed by atoms with van der Waals surface area (Å²) in [7, 11) is 0. The van der Waals surface area contributed by atoms with Gasteiger partial charge in [-0.05, 0) is 26.0 Å². The summed E-state index contributed by atoms with van der Waals surface area (Å²) in [5.41, 5.74) is 1.94. The first-order valence-electron chi connectivity index (χ1n) is 6.01. The van der Waals surface area contributed by atoms with Gasteiger partial charge in [-0.3, -0.25) is 4.79 Å². The number of rotatable bonds is 4. The molecule has 0 spiro atoms. The van der Waals surface area contributed by atoms with Crippen LogP contribution >= 0.6 is 11.3 Å². The van der Waals surface area contributed by atoms with Crippen LogP contribution in [0, 0.1) is 19.7 Å². The van der Waals surface area contributed by atoms with Gasteiger partial charge in [-0.25, -0.2) is 9.37 Å². The lowest BCUT2D eigenvalue weighted by atomic mass is 10.1. The summed E-state index contributed by atoms with van der Waals surface area (Å²) < 4.78 is 13.5. The fraction of sp³-hybridized carbons (Fsp3) is 0.286. The second kappa shape index (κ2) is 5.93. The maximum atomic E-state index is 13.5. The Bertz CT molecular complexity index is 595. The van der Waals surface area contributed by atoms with E-state index in [1.807, 2.05) is 19.2 Å². The molecule has 2 rings (SSSR count). The van der Waals surface area contributed by atoms with E-state index < -0.39 is 5.82 Å². The van der Waals surface area contributed by atoms with Crippen LogP contribution in [0.4, 0.5) is 4.39 Å². The minimum Gasteiger partial charge on any atom is -0.352 e. The summed E-state index contributed by atoms with van der Waals surface area (Å²) in [6, 6.07) is 4.51. The van der Waals surface area contributed by atoms with Gasteiger partial charge in [0.1, 0.15) is 5.82 Å². The van der Waals surface area contributed by atoms with Gasteiger partial charge in [-0.15, -0.1) is 11.3 Å². The minimum absolute atomic E-state index is 0.0929. The smallest absolute Gasteiger partial charge is 0.254 e. The Morgan fingerprint density at radius 1 is 1.42 bits per heavy atom. The highest BCUT2D eigenvalue weighted by Crippen LogP contribution is 2.11. The predicted octanol–water partition coefficient (Wildman–Crippen LogP) is 2.87. The van der Waals surface area contributed by atoms with Crippen LogP contribution in [0.3, 0.4) is 0 Å². The number of nitrogens with zero attached hydrogens (tertiary/aromatic N) is 1. The third-order valence-electron chi connectivity index (χ3n) is 2.66. The van der Waals surface area contributed by atoms with Crippen molar-refractivity contribution in [2.45, 2.75) is 20.3 Å². The number of thiazole rings is 1. The minimum atomic E-state index is -0.492. The van der Waals surface area contributed by atoms with Crippen LogP contribution in [-0.2, 0) is 6.42 Å². The summed E-state index contributed by atoms with van der Waals surface area (Å²) in [4.78, 5) is 16.2. The van der Waals surface area contributed by atoms with E-state index in [9.17, 15) is 9.18 Å². The first kappa shape index (κ1) is 13.7. The summed E-state index contributed by atoms with van der Waals surface area (Å²) in [6.45, 7) is 4.22. The second-order valence-electron chi connectivity index (χ2n) is 4.37. The van der Waals surface area contributed by atoms with Gasteiger partial charge in [-0.1, -0.05) is 11.6 Å². The largest absolute Gasteiger partial charge is 0.352 e. The highest BCUT2D eigenvalue weighted by atomic mass is 32.1. The van der Waals surface area contributed by atoms with E-state index in [-0.39, 0.29) is 11.5 Å². The van der Waals surface area contributed by atoms with Crippen molar-refractivity contribution in [3.05, 3.63) is 51.2 Å². The summed E-state index contributed by atoms with van der Waals surface area (Å²) >= 11 is 1.57. The van der Waals surface area contributed by atoms with Crippen LogP contribution in [0.5, 0.6) is 0 Å². The number of carbonyl (C=O) groups is 1. The fourth-order valence-corrected chi connectivity index (χ4v) is 2.48. The molecule has 0 fully saturated rings. The Hall–Kier alpha value is -1.75. The van der Waals surface area contributed by atoms with Crippen LogP contribution in [-0.4, -0.2) is 17.4 Å². The quantitative estimate of drug-likeness (QED) is 0.934. The molecular weight excluding hydrogens is 263 g/mol. The Balaban J connectivity index is 1.92. The second-order valence-corrected chi connectivity index (χ2v) is 5.31. The molecule has 1 aromatic carbocycles. The van der Waals surface area contributed by atoms with Gasteiger partial charge in [0.25, 0.3) is 5.91 Å². The molecule has 1 heterocycles.